The number of likely N-dealkylation sites (tertiary alicyclic amines) is 1. The molecule has 2 aliphatic rings. The molecule has 0 saturated carbocycles. The van der Waals surface area contributed by atoms with Gasteiger partial charge in [0.25, 0.3) is 0 Å². The first kappa shape index (κ1) is 8.01. The van der Waals surface area contributed by atoms with Gasteiger partial charge in [0.05, 0.1) is 18.8 Å². The van der Waals surface area contributed by atoms with Crippen LogP contribution in [0.4, 0.5) is 0 Å². The van der Waals surface area contributed by atoms with Crippen LogP contribution in [0.1, 0.15) is 6.42 Å². The zero-order chi connectivity index (χ0) is 8.44. The monoisotopic (exact) mass is 170 g/mol. The number of carbonyl (C=O) groups is 1. The number of amides is 1. The predicted octanol–water partition coefficient (Wildman–Crippen LogP) is -0.793. The Morgan fingerprint density at radius 1 is 1.58 bits per heavy atom. The van der Waals surface area contributed by atoms with Crippen molar-refractivity contribution in [2.45, 2.75) is 12.0 Å². The summed E-state index contributed by atoms with van der Waals surface area (Å²) in [6.07, 6.45) is 1.88. The summed E-state index contributed by atoms with van der Waals surface area (Å²) >= 11 is 0. The van der Waals surface area contributed by atoms with Crippen molar-refractivity contribution in [2.24, 2.45) is 0 Å². The van der Waals surface area contributed by atoms with E-state index in [0.29, 0.717) is 0 Å². The molecule has 68 valence electrons. The van der Waals surface area contributed by atoms with E-state index in [9.17, 15) is 4.79 Å². The number of nitrogens with zero attached hydrogens (tertiary/aromatic N) is 1. The number of hydrogen-bond donors (Lipinski definition) is 1. The summed E-state index contributed by atoms with van der Waals surface area (Å²) in [5.41, 5.74) is -0.0703. The smallest absolute Gasteiger partial charge is 0.209 e. The molecule has 1 spiro atoms. The largest absolute Gasteiger partial charge is 0.370 e. The lowest BCUT2D eigenvalue weighted by molar-refractivity contribution is -0.119. The van der Waals surface area contributed by atoms with E-state index in [1.165, 1.54) is 0 Å². The van der Waals surface area contributed by atoms with E-state index in [1.807, 2.05) is 0 Å². The lowest BCUT2D eigenvalue weighted by atomic mass is 10.0. The molecule has 1 unspecified atom stereocenters. The Bertz CT molecular complexity index is 178. The van der Waals surface area contributed by atoms with E-state index in [0.717, 1.165) is 45.6 Å². The Balaban J connectivity index is 1.98. The second-order valence-electron chi connectivity index (χ2n) is 3.53. The van der Waals surface area contributed by atoms with Crippen LogP contribution in [-0.2, 0) is 9.53 Å². The highest BCUT2D eigenvalue weighted by molar-refractivity contribution is 5.48. The highest BCUT2D eigenvalue weighted by atomic mass is 16.5. The molecule has 1 N–H and O–H groups in total. The zero-order valence-corrected chi connectivity index (χ0v) is 7.08. The molecule has 4 heteroatoms. The summed E-state index contributed by atoms with van der Waals surface area (Å²) < 4.78 is 5.70. The standard InChI is InChI=1S/C8H14N2O2/c11-7-10-3-1-8(6-10)5-9-2-4-12-8/h7,9H,1-6H2. The van der Waals surface area contributed by atoms with Gasteiger partial charge in [0, 0.05) is 19.6 Å². The van der Waals surface area contributed by atoms with E-state index in [1.54, 1.807) is 4.90 Å². The quantitative estimate of drug-likeness (QED) is 0.524. The minimum absolute atomic E-state index is 0.0703. The maximum atomic E-state index is 10.5. The average Bonchev–Trinajstić information content (AvgIpc) is 2.50. The molecule has 1 amide bonds. The molecular weight excluding hydrogens is 156 g/mol. The lowest BCUT2D eigenvalue weighted by Crippen LogP contribution is -2.51. The molecule has 2 saturated heterocycles. The summed E-state index contributed by atoms with van der Waals surface area (Å²) in [6, 6.07) is 0. The third kappa shape index (κ3) is 1.32. The Morgan fingerprint density at radius 3 is 3.08 bits per heavy atom. The van der Waals surface area contributed by atoms with Gasteiger partial charge >= 0.3 is 0 Å². The maximum Gasteiger partial charge on any atom is 0.209 e. The van der Waals surface area contributed by atoms with Gasteiger partial charge in [0.15, 0.2) is 0 Å². The summed E-state index contributed by atoms with van der Waals surface area (Å²) in [7, 11) is 0. The SMILES string of the molecule is O=CN1CCC2(CNCCO2)C1. The second kappa shape index (κ2) is 3.03. The van der Waals surface area contributed by atoms with Crippen LogP contribution in [0.2, 0.25) is 0 Å². The Hall–Kier alpha value is -0.610. The Labute approximate surface area is 71.9 Å². The van der Waals surface area contributed by atoms with E-state index in [2.05, 4.69) is 5.32 Å². The molecule has 2 heterocycles. The van der Waals surface area contributed by atoms with E-state index < -0.39 is 0 Å². The molecule has 0 aromatic heterocycles. The van der Waals surface area contributed by atoms with E-state index in [4.69, 9.17) is 4.74 Å². The lowest BCUT2D eigenvalue weighted by Gasteiger charge is -2.33. The third-order valence-corrected chi connectivity index (χ3v) is 2.63. The van der Waals surface area contributed by atoms with E-state index >= 15 is 0 Å². The van der Waals surface area contributed by atoms with Gasteiger partial charge in [-0.15, -0.1) is 0 Å². The number of carbonyl (C=O) groups excluding carboxylic acids is 1. The van der Waals surface area contributed by atoms with Gasteiger partial charge in [-0.1, -0.05) is 0 Å². The van der Waals surface area contributed by atoms with Crippen LogP contribution >= 0.6 is 0 Å². The van der Waals surface area contributed by atoms with Crippen LogP contribution in [-0.4, -0.2) is 49.7 Å². The molecule has 0 aliphatic carbocycles. The molecule has 2 fully saturated rings. The minimum Gasteiger partial charge on any atom is -0.370 e. The van der Waals surface area contributed by atoms with Crippen molar-refractivity contribution in [3.63, 3.8) is 0 Å². The first-order chi connectivity index (χ1) is 5.85. The van der Waals surface area contributed by atoms with Crippen LogP contribution < -0.4 is 5.32 Å². The molecule has 0 aromatic carbocycles. The number of rotatable bonds is 1. The molecular formula is C8H14N2O2. The van der Waals surface area contributed by atoms with Crippen LogP contribution in [0.3, 0.4) is 0 Å². The minimum atomic E-state index is -0.0703. The van der Waals surface area contributed by atoms with Crippen LogP contribution in [0.25, 0.3) is 0 Å². The van der Waals surface area contributed by atoms with Gasteiger partial charge in [-0.25, -0.2) is 0 Å². The van der Waals surface area contributed by atoms with Crippen molar-refractivity contribution in [1.82, 2.24) is 10.2 Å². The highest BCUT2D eigenvalue weighted by Crippen LogP contribution is 2.25. The number of ether oxygens (including phenoxy) is 1. The van der Waals surface area contributed by atoms with Gasteiger partial charge in [-0.2, -0.15) is 0 Å². The molecule has 0 bridgehead atoms. The molecule has 0 aromatic rings. The van der Waals surface area contributed by atoms with Crippen molar-refractivity contribution >= 4 is 6.41 Å². The fraction of sp³-hybridized carbons (Fsp3) is 0.875. The summed E-state index contributed by atoms with van der Waals surface area (Å²) in [6.45, 7) is 4.18. The first-order valence-electron chi connectivity index (χ1n) is 4.39. The summed E-state index contributed by atoms with van der Waals surface area (Å²) in [5, 5.41) is 3.29. The second-order valence-corrected chi connectivity index (χ2v) is 3.53. The summed E-state index contributed by atoms with van der Waals surface area (Å²) in [5.74, 6) is 0. The Kier molecular flexibility index (Phi) is 2.02. The number of nitrogens with one attached hydrogen (secondary N) is 1. The summed E-state index contributed by atoms with van der Waals surface area (Å²) in [4.78, 5) is 12.3. The van der Waals surface area contributed by atoms with Crippen molar-refractivity contribution < 1.29 is 9.53 Å². The van der Waals surface area contributed by atoms with E-state index in [-0.39, 0.29) is 5.60 Å². The Morgan fingerprint density at radius 2 is 2.50 bits per heavy atom. The molecule has 2 aliphatic heterocycles. The fourth-order valence-electron chi connectivity index (χ4n) is 1.93. The molecule has 0 radical (unpaired) electrons. The zero-order valence-electron chi connectivity index (χ0n) is 7.08. The third-order valence-electron chi connectivity index (χ3n) is 2.63. The normalized spacial score (nSPS) is 35.8. The molecule has 4 nitrogen and oxygen atoms in total. The average molecular weight is 170 g/mol. The van der Waals surface area contributed by atoms with Crippen molar-refractivity contribution in [2.75, 3.05) is 32.8 Å². The first-order valence-corrected chi connectivity index (χ1v) is 4.39. The molecule has 12 heavy (non-hydrogen) atoms. The molecule has 2 rings (SSSR count). The van der Waals surface area contributed by atoms with Gasteiger partial charge in [0.1, 0.15) is 0 Å². The maximum absolute atomic E-state index is 10.5. The predicted molar refractivity (Wildman–Crippen MR) is 43.8 cm³/mol. The number of hydrogen-bond acceptors (Lipinski definition) is 3. The van der Waals surface area contributed by atoms with Gasteiger partial charge in [-0.05, 0) is 6.42 Å². The highest BCUT2D eigenvalue weighted by Gasteiger charge is 2.39. The fourth-order valence-corrected chi connectivity index (χ4v) is 1.93. The van der Waals surface area contributed by atoms with Gasteiger partial charge in [-0.3, -0.25) is 4.79 Å². The van der Waals surface area contributed by atoms with Crippen molar-refractivity contribution in [3.8, 4) is 0 Å². The number of morpholine rings is 1. The van der Waals surface area contributed by atoms with Crippen LogP contribution in [0, 0.1) is 0 Å². The van der Waals surface area contributed by atoms with Crippen LogP contribution in [0.15, 0.2) is 0 Å². The van der Waals surface area contributed by atoms with Gasteiger partial charge in [0.2, 0.25) is 6.41 Å². The molecule has 1 atom stereocenters. The van der Waals surface area contributed by atoms with Gasteiger partial charge < -0.3 is 15.0 Å². The van der Waals surface area contributed by atoms with Crippen molar-refractivity contribution in [1.29, 1.82) is 0 Å². The van der Waals surface area contributed by atoms with Crippen molar-refractivity contribution in [3.05, 3.63) is 0 Å². The van der Waals surface area contributed by atoms with Crippen LogP contribution in [0.5, 0.6) is 0 Å². The topological polar surface area (TPSA) is 41.6 Å².